The van der Waals surface area contributed by atoms with Crippen LogP contribution in [-0.2, 0) is 11.3 Å². The van der Waals surface area contributed by atoms with Gasteiger partial charge in [-0.3, -0.25) is 4.79 Å². The summed E-state index contributed by atoms with van der Waals surface area (Å²) in [5.41, 5.74) is 0.608. The number of nitriles is 1. The van der Waals surface area contributed by atoms with Crippen LogP contribution >= 0.6 is 11.6 Å². The van der Waals surface area contributed by atoms with E-state index >= 15 is 0 Å². The molecule has 1 N–H and O–H groups in total. The van der Waals surface area contributed by atoms with E-state index in [2.05, 4.69) is 4.98 Å². The number of methoxy groups -OCH3 is 1. The van der Waals surface area contributed by atoms with Gasteiger partial charge in [-0.1, -0.05) is 11.6 Å². The third-order valence-electron chi connectivity index (χ3n) is 1.86. The summed E-state index contributed by atoms with van der Waals surface area (Å²) in [6, 6.07) is 1.80. The van der Waals surface area contributed by atoms with E-state index in [0.29, 0.717) is 16.3 Å². The topological polar surface area (TPSA) is 65.9 Å². The first kappa shape index (κ1) is 10.8. The van der Waals surface area contributed by atoms with Crippen LogP contribution in [0.4, 0.5) is 0 Å². The summed E-state index contributed by atoms with van der Waals surface area (Å²) in [4.78, 5) is 13.8. The minimum atomic E-state index is -0.429. The fraction of sp³-hybridized carbons (Fsp3) is 0.333. The molecule has 14 heavy (non-hydrogen) atoms. The summed E-state index contributed by atoms with van der Waals surface area (Å²) in [5, 5.41) is 9.06. The third kappa shape index (κ3) is 1.79. The van der Waals surface area contributed by atoms with Gasteiger partial charge in [0.05, 0.1) is 17.3 Å². The molecule has 1 aromatic rings. The highest BCUT2D eigenvalue weighted by molar-refractivity contribution is 6.32. The molecule has 0 aromatic carbocycles. The minimum absolute atomic E-state index is 0.0508. The van der Waals surface area contributed by atoms with E-state index in [-0.39, 0.29) is 12.2 Å². The molecule has 1 rings (SSSR count). The lowest BCUT2D eigenvalue weighted by Crippen LogP contribution is -2.15. The van der Waals surface area contributed by atoms with E-state index in [1.807, 2.05) is 0 Å². The first-order valence-corrected chi connectivity index (χ1v) is 4.30. The second-order valence-electron chi connectivity index (χ2n) is 2.79. The number of nitrogens with one attached hydrogen (secondary N) is 1. The van der Waals surface area contributed by atoms with Gasteiger partial charge in [-0.15, -0.1) is 0 Å². The Bertz CT molecular complexity index is 445. The van der Waals surface area contributed by atoms with Crippen molar-refractivity contribution in [3.05, 3.63) is 32.2 Å². The number of hydrogen-bond acceptors (Lipinski definition) is 3. The van der Waals surface area contributed by atoms with Crippen molar-refractivity contribution >= 4 is 11.6 Å². The molecule has 0 aliphatic carbocycles. The smallest absolute Gasteiger partial charge is 0.266 e. The molecule has 0 atom stereocenters. The number of ether oxygens (including phenoxy) is 1. The van der Waals surface area contributed by atoms with Gasteiger partial charge in [0, 0.05) is 7.11 Å². The minimum Gasteiger partial charge on any atom is -0.378 e. The van der Waals surface area contributed by atoms with Crippen LogP contribution in [0.5, 0.6) is 0 Å². The van der Waals surface area contributed by atoms with Gasteiger partial charge in [-0.2, -0.15) is 5.26 Å². The van der Waals surface area contributed by atoms with Gasteiger partial charge in [0.1, 0.15) is 11.6 Å². The first-order chi connectivity index (χ1) is 6.61. The number of aromatic nitrogens is 1. The average Bonchev–Trinajstić information content (AvgIpc) is 2.15. The molecule has 4 nitrogen and oxygen atoms in total. The standard InChI is InChI=1S/C9H9ClN2O2/c1-5-6(3-11)9(13)12-7(4-14-2)8(5)10/h4H2,1-2H3,(H,12,13). The van der Waals surface area contributed by atoms with Crippen molar-refractivity contribution in [1.82, 2.24) is 4.98 Å². The van der Waals surface area contributed by atoms with Gasteiger partial charge >= 0.3 is 0 Å². The number of halogens is 1. The Morgan fingerprint density at radius 3 is 2.79 bits per heavy atom. The number of aromatic amines is 1. The fourth-order valence-corrected chi connectivity index (χ4v) is 1.34. The number of nitrogens with zero attached hydrogens (tertiary/aromatic N) is 1. The zero-order valence-corrected chi connectivity index (χ0v) is 8.60. The molecule has 5 heteroatoms. The van der Waals surface area contributed by atoms with Gasteiger partial charge in [-0.05, 0) is 12.5 Å². The molecule has 0 fully saturated rings. The Hall–Kier alpha value is -1.31. The highest BCUT2D eigenvalue weighted by Gasteiger charge is 2.11. The van der Waals surface area contributed by atoms with Gasteiger partial charge in [0.25, 0.3) is 5.56 Å². The summed E-state index contributed by atoms with van der Waals surface area (Å²) in [5.74, 6) is 0. The van der Waals surface area contributed by atoms with Gasteiger partial charge in [0.2, 0.25) is 0 Å². The predicted molar refractivity (Wildman–Crippen MR) is 52.2 cm³/mol. The fourth-order valence-electron chi connectivity index (χ4n) is 1.14. The first-order valence-electron chi connectivity index (χ1n) is 3.92. The van der Waals surface area contributed by atoms with Crippen molar-refractivity contribution in [1.29, 1.82) is 5.26 Å². The van der Waals surface area contributed by atoms with Crippen molar-refractivity contribution in [2.45, 2.75) is 13.5 Å². The molecule has 0 spiro atoms. The molecule has 1 heterocycles. The number of pyridine rings is 1. The van der Waals surface area contributed by atoms with Crippen LogP contribution in [0.2, 0.25) is 5.02 Å². The lowest BCUT2D eigenvalue weighted by atomic mass is 10.1. The van der Waals surface area contributed by atoms with Crippen molar-refractivity contribution in [3.63, 3.8) is 0 Å². The molecule has 0 saturated heterocycles. The van der Waals surface area contributed by atoms with Crippen molar-refractivity contribution < 1.29 is 4.74 Å². The number of hydrogen-bond donors (Lipinski definition) is 1. The lowest BCUT2D eigenvalue weighted by molar-refractivity contribution is 0.181. The second-order valence-corrected chi connectivity index (χ2v) is 3.17. The Kier molecular flexibility index (Phi) is 3.28. The highest BCUT2D eigenvalue weighted by Crippen LogP contribution is 2.19. The Labute approximate surface area is 86.1 Å². The Morgan fingerprint density at radius 2 is 2.29 bits per heavy atom. The molecular weight excluding hydrogens is 204 g/mol. The predicted octanol–water partition coefficient (Wildman–Crippen LogP) is 1.35. The second kappa shape index (κ2) is 4.27. The average molecular weight is 213 g/mol. The molecule has 0 bridgehead atoms. The summed E-state index contributed by atoms with van der Waals surface area (Å²) in [7, 11) is 1.50. The molecule has 1 aromatic heterocycles. The zero-order valence-electron chi connectivity index (χ0n) is 7.85. The van der Waals surface area contributed by atoms with Gasteiger partial charge in [-0.25, -0.2) is 0 Å². The van der Waals surface area contributed by atoms with Crippen LogP contribution in [0, 0.1) is 18.3 Å². The van der Waals surface area contributed by atoms with Crippen LogP contribution in [0.25, 0.3) is 0 Å². The molecule has 0 saturated carbocycles. The molecule has 0 radical (unpaired) electrons. The molecule has 0 aliphatic heterocycles. The maximum Gasteiger partial charge on any atom is 0.266 e. The summed E-state index contributed by atoms with van der Waals surface area (Å²) < 4.78 is 4.85. The van der Waals surface area contributed by atoms with Crippen LogP contribution in [0.1, 0.15) is 16.8 Å². The largest absolute Gasteiger partial charge is 0.378 e. The van der Waals surface area contributed by atoms with E-state index < -0.39 is 5.56 Å². The van der Waals surface area contributed by atoms with E-state index in [1.54, 1.807) is 13.0 Å². The van der Waals surface area contributed by atoms with Crippen LogP contribution < -0.4 is 5.56 Å². The highest BCUT2D eigenvalue weighted by atomic mass is 35.5. The third-order valence-corrected chi connectivity index (χ3v) is 2.37. The van der Waals surface area contributed by atoms with Crippen LogP contribution in [0.15, 0.2) is 4.79 Å². The van der Waals surface area contributed by atoms with E-state index in [4.69, 9.17) is 21.6 Å². The van der Waals surface area contributed by atoms with Crippen LogP contribution in [0.3, 0.4) is 0 Å². The van der Waals surface area contributed by atoms with Crippen molar-refractivity contribution in [2.75, 3.05) is 7.11 Å². The lowest BCUT2D eigenvalue weighted by Gasteiger charge is -2.06. The van der Waals surface area contributed by atoms with E-state index in [9.17, 15) is 4.79 Å². The Morgan fingerprint density at radius 1 is 1.64 bits per heavy atom. The quantitative estimate of drug-likeness (QED) is 0.805. The summed E-state index contributed by atoms with van der Waals surface area (Å²) in [6.07, 6.45) is 0. The maximum atomic E-state index is 11.3. The van der Waals surface area contributed by atoms with Gasteiger partial charge < -0.3 is 9.72 Å². The molecule has 74 valence electrons. The molecule has 0 unspecified atom stereocenters. The SMILES string of the molecule is COCc1[nH]c(=O)c(C#N)c(C)c1Cl. The maximum absolute atomic E-state index is 11.3. The summed E-state index contributed by atoms with van der Waals surface area (Å²) >= 11 is 5.93. The van der Waals surface area contributed by atoms with E-state index in [0.717, 1.165) is 0 Å². The summed E-state index contributed by atoms with van der Waals surface area (Å²) in [6.45, 7) is 1.86. The van der Waals surface area contributed by atoms with Crippen molar-refractivity contribution in [2.24, 2.45) is 0 Å². The monoisotopic (exact) mass is 212 g/mol. The normalized spacial score (nSPS) is 9.86. The van der Waals surface area contributed by atoms with E-state index in [1.165, 1.54) is 7.11 Å². The number of rotatable bonds is 2. The molecule has 0 aliphatic rings. The Balaban J connectivity index is 3.42. The van der Waals surface area contributed by atoms with Crippen LogP contribution in [-0.4, -0.2) is 12.1 Å². The zero-order chi connectivity index (χ0) is 10.7. The molecule has 0 amide bonds. The number of H-pyrrole nitrogens is 1. The van der Waals surface area contributed by atoms with Crippen molar-refractivity contribution in [3.8, 4) is 6.07 Å². The molecular formula is C9H9ClN2O2. The van der Waals surface area contributed by atoms with Gasteiger partial charge in [0.15, 0.2) is 0 Å².